The zero-order valence-electron chi connectivity index (χ0n) is 12.8. The van der Waals surface area contributed by atoms with Crippen LogP contribution in [0.3, 0.4) is 0 Å². The fraction of sp³-hybridized carbons (Fsp3) is 0.125. The lowest BCUT2D eigenvalue weighted by Crippen LogP contribution is -2.10. The van der Waals surface area contributed by atoms with Crippen LogP contribution in [0.1, 0.15) is 11.3 Å². The third-order valence-electron chi connectivity index (χ3n) is 3.94. The number of nitrogen functional groups attached to an aromatic ring is 1. The number of fused-ring (bicyclic) bond motifs is 1. The summed E-state index contributed by atoms with van der Waals surface area (Å²) in [5.74, 6) is -0.307. The molecule has 3 heterocycles. The Labute approximate surface area is 135 Å². The molecule has 24 heavy (non-hydrogen) atoms. The summed E-state index contributed by atoms with van der Waals surface area (Å²) in [6.07, 6.45) is 1.62. The van der Waals surface area contributed by atoms with Gasteiger partial charge in [0, 0.05) is 23.0 Å². The van der Waals surface area contributed by atoms with Crippen LogP contribution in [0.2, 0.25) is 0 Å². The van der Waals surface area contributed by atoms with Crippen molar-refractivity contribution in [2.45, 2.75) is 13.5 Å². The lowest BCUT2D eigenvalue weighted by Gasteiger charge is -2.12. The van der Waals surface area contributed by atoms with Gasteiger partial charge in [-0.2, -0.15) is 5.10 Å². The van der Waals surface area contributed by atoms with E-state index in [1.54, 1.807) is 35.1 Å². The zero-order valence-corrected chi connectivity index (χ0v) is 12.8. The highest BCUT2D eigenvalue weighted by Crippen LogP contribution is 2.27. The minimum atomic E-state index is -0.307. The average Bonchev–Trinajstić information content (AvgIpc) is 3.21. The van der Waals surface area contributed by atoms with Crippen LogP contribution in [0.15, 0.2) is 41.2 Å². The van der Waals surface area contributed by atoms with E-state index in [0.717, 1.165) is 5.56 Å². The molecule has 1 aromatic carbocycles. The topological polar surface area (TPSA) is 95.6 Å². The van der Waals surface area contributed by atoms with Gasteiger partial charge in [0.2, 0.25) is 5.65 Å². The number of hydrogen-bond acceptors (Lipinski definition) is 6. The van der Waals surface area contributed by atoms with Gasteiger partial charge in [0.05, 0.1) is 17.9 Å². The van der Waals surface area contributed by atoms with E-state index >= 15 is 0 Å². The van der Waals surface area contributed by atoms with E-state index < -0.39 is 0 Å². The molecule has 0 unspecified atom stereocenters. The Morgan fingerprint density at radius 3 is 2.88 bits per heavy atom. The normalized spacial score (nSPS) is 11.2. The highest BCUT2D eigenvalue weighted by atomic mass is 19.1. The second kappa shape index (κ2) is 5.41. The van der Waals surface area contributed by atoms with Gasteiger partial charge in [-0.3, -0.25) is 4.68 Å². The van der Waals surface area contributed by atoms with Crippen LogP contribution in [0.25, 0.3) is 22.4 Å². The number of halogens is 1. The van der Waals surface area contributed by atoms with Gasteiger partial charge in [-0.1, -0.05) is 12.1 Å². The molecule has 4 rings (SSSR count). The van der Waals surface area contributed by atoms with Crippen LogP contribution >= 0.6 is 0 Å². The van der Waals surface area contributed by atoms with Gasteiger partial charge in [-0.05, 0) is 35.4 Å². The number of aromatic nitrogens is 5. The van der Waals surface area contributed by atoms with E-state index in [9.17, 15) is 4.39 Å². The maximum absolute atomic E-state index is 14.1. The van der Waals surface area contributed by atoms with E-state index in [-0.39, 0.29) is 5.82 Å². The lowest BCUT2D eigenvalue weighted by molar-refractivity contribution is 0.315. The molecule has 0 saturated carbocycles. The van der Waals surface area contributed by atoms with Crippen LogP contribution < -0.4 is 5.73 Å². The molecule has 0 radical (unpaired) electrons. The van der Waals surface area contributed by atoms with Crippen molar-refractivity contribution in [3.8, 4) is 11.3 Å². The fourth-order valence-electron chi connectivity index (χ4n) is 2.70. The Balaban J connectivity index is 1.81. The van der Waals surface area contributed by atoms with E-state index in [0.29, 0.717) is 40.3 Å². The molecule has 0 amide bonds. The van der Waals surface area contributed by atoms with E-state index in [2.05, 4.69) is 25.0 Å². The third-order valence-corrected chi connectivity index (χ3v) is 3.94. The van der Waals surface area contributed by atoms with E-state index in [1.807, 2.05) is 6.92 Å². The van der Waals surface area contributed by atoms with Gasteiger partial charge in [0.1, 0.15) is 5.82 Å². The van der Waals surface area contributed by atoms with Crippen molar-refractivity contribution in [3.63, 3.8) is 0 Å². The summed E-state index contributed by atoms with van der Waals surface area (Å²) >= 11 is 0. The largest absolute Gasteiger partial charge is 0.396 e. The van der Waals surface area contributed by atoms with Gasteiger partial charge < -0.3 is 5.73 Å². The van der Waals surface area contributed by atoms with Crippen molar-refractivity contribution in [3.05, 3.63) is 53.6 Å². The third kappa shape index (κ3) is 2.19. The first-order valence-corrected chi connectivity index (χ1v) is 7.29. The molecule has 3 aromatic heterocycles. The Kier molecular flexibility index (Phi) is 3.23. The molecule has 4 aromatic rings. The molecule has 0 aliphatic carbocycles. The minimum absolute atomic E-state index is 0.307. The van der Waals surface area contributed by atoms with Crippen molar-refractivity contribution < 1.29 is 9.02 Å². The van der Waals surface area contributed by atoms with E-state index in [1.165, 1.54) is 6.07 Å². The summed E-state index contributed by atoms with van der Waals surface area (Å²) in [6, 6.07) is 8.32. The van der Waals surface area contributed by atoms with Gasteiger partial charge in [-0.15, -0.1) is 0 Å². The highest BCUT2D eigenvalue weighted by Gasteiger charge is 2.17. The number of hydrogen-bond donors (Lipinski definition) is 1. The number of benzene rings is 1. The van der Waals surface area contributed by atoms with Crippen LogP contribution in [-0.4, -0.2) is 25.1 Å². The number of pyridine rings is 1. The molecular formula is C16H13FN6O. The molecule has 0 spiro atoms. The standard InChI is InChI=1S/C16H13FN6O/c1-9-11(14(18)15-16(20-9)22-24-21-15)8-23-13(6-7-19-23)10-4-2-3-5-12(10)17/h2-7H,8,18H2,1H3. The summed E-state index contributed by atoms with van der Waals surface area (Å²) in [6.45, 7) is 2.16. The number of anilines is 1. The van der Waals surface area contributed by atoms with Crippen molar-refractivity contribution in [1.29, 1.82) is 0 Å². The predicted octanol–water partition coefficient (Wildman–Crippen LogP) is 2.56. The average molecular weight is 324 g/mol. The number of rotatable bonds is 3. The first-order valence-electron chi connectivity index (χ1n) is 7.29. The maximum atomic E-state index is 14.1. The van der Waals surface area contributed by atoms with Crippen LogP contribution in [0.4, 0.5) is 10.1 Å². The van der Waals surface area contributed by atoms with Crippen molar-refractivity contribution in [2.24, 2.45) is 0 Å². The van der Waals surface area contributed by atoms with Crippen molar-refractivity contribution in [2.75, 3.05) is 5.73 Å². The molecule has 0 aliphatic heterocycles. The molecular weight excluding hydrogens is 311 g/mol. The Morgan fingerprint density at radius 2 is 2.04 bits per heavy atom. The predicted molar refractivity (Wildman–Crippen MR) is 85.5 cm³/mol. The molecule has 7 nitrogen and oxygen atoms in total. The smallest absolute Gasteiger partial charge is 0.226 e. The van der Waals surface area contributed by atoms with Gasteiger partial charge in [-0.25, -0.2) is 14.0 Å². The quantitative estimate of drug-likeness (QED) is 0.622. The summed E-state index contributed by atoms with van der Waals surface area (Å²) < 4.78 is 20.5. The Hall–Kier alpha value is -3.29. The van der Waals surface area contributed by atoms with Crippen LogP contribution in [-0.2, 0) is 6.54 Å². The maximum Gasteiger partial charge on any atom is 0.226 e. The van der Waals surface area contributed by atoms with E-state index in [4.69, 9.17) is 5.73 Å². The first kappa shape index (κ1) is 14.3. The highest BCUT2D eigenvalue weighted by molar-refractivity contribution is 5.85. The van der Waals surface area contributed by atoms with Gasteiger partial charge in [0.25, 0.3) is 0 Å². The minimum Gasteiger partial charge on any atom is -0.396 e. The lowest BCUT2D eigenvalue weighted by atomic mass is 10.1. The monoisotopic (exact) mass is 324 g/mol. The molecule has 120 valence electrons. The molecule has 0 saturated heterocycles. The number of nitrogens with two attached hydrogens (primary N) is 1. The summed E-state index contributed by atoms with van der Waals surface area (Å²) in [5.41, 5.74) is 9.98. The Bertz CT molecular complexity index is 1040. The molecule has 0 atom stereocenters. The van der Waals surface area contributed by atoms with Gasteiger partial charge >= 0.3 is 0 Å². The number of nitrogens with zero attached hydrogens (tertiary/aromatic N) is 5. The SMILES string of the molecule is Cc1nc2nonc2c(N)c1Cn1nccc1-c1ccccc1F. The second-order valence-electron chi connectivity index (χ2n) is 5.38. The van der Waals surface area contributed by atoms with Crippen LogP contribution in [0, 0.1) is 12.7 Å². The molecule has 0 fully saturated rings. The second-order valence-corrected chi connectivity index (χ2v) is 5.38. The summed E-state index contributed by atoms with van der Waals surface area (Å²) in [5, 5.41) is 11.8. The van der Waals surface area contributed by atoms with Crippen LogP contribution in [0.5, 0.6) is 0 Å². The zero-order chi connectivity index (χ0) is 16.7. The van der Waals surface area contributed by atoms with Crippen molar-refractivity contribution >= 4 is 16.9 Å². The molecule has 8 heteroatoms. The molecule has 0 aliphatic rings. The Morgan fingerprint density at radius 1 is 1.21 bits per heavy atom. The molecule has 0 bridgehead atoms. The number of aryl methyl sites for hydroxylation is 1. The summed E-state index contributed by atoms with van der Waals surface area (Å²) in [7, 11) is 0. The first-order chi connectivity index (χ1) is 11.6. The van der Waals surface area contributed by atoms with Gasteiger partial charge in [0.15, 0.2) is 5.52 Å². The molecule has 2 N–H and O–H groups in total. The summed E-state index contributed by atoms with van der Waals surface area (Å²) in [4.78, 5) is 4.33. The fourth-order valence-corrected chi connectivity index (χ4v) is 2.70. The van der Waals surface area contributed by atoms with Crippen molar-refractivity contribution in [1.82, 2.24) is 25.1 Å².